The van der Waals surface area contributed by atoms with E-state index in [1.807, 2.05) is 0 Å². The average Bonchev–Trinajstić information content (AvgIpc) is 2.65. The minimum atomic E-state index is -4.63. The van der Waals surface area contributed by atoms with Crippen molar-refractivity contribution >= 4 is 9.84 Å². The minimum absolute atomic E-state index is 0.0710. The van der Waals surface area contributed by atoms with Gasteiger partial charge < -0.3 is 14.8 Å². The SMILES string of the molecule is CS(=O)(=O)C[C@@H](c1ccc(CNC[C@H]2COc3cccnc3O2)cc1)C(F)(F)F. The molecule has 29 heavy (non-hydrogen) atoms. The first-order chi connectivity index (χ1) is 13.6. The van der Waals surface area contributed by atoms with E-state index in [2.05, 4.69) is 10.3 Å². The number of hydrogen-bond donors (Lipinski definition) is 1. The number of benzene rings is 1. The molecule has 0 radical (unpaired) electrons. The maximum absolute atomic E-state index is 13.2. The van der Waals surface area contributed by atoms with Crippen molar-refractivity contribution in [3.8, 4) is 11.6 Å². The lowest BCUT2D eigenvalue weighted by Crippen LogP contribution is -2.38. The summed E-state index contributed by atoms with van der Waals surface area (Å²) in [7, 11) is -3.78. The Morgan fingerprint density at radius 1 is 1.24 bits per heavy atom. The molecule has 1 aliphatic heterocycles. The van der Waals surface area contributed by atoms with E-state index in [1.54, 1.807) is 30.5 Å². The predicted octanol–water partition coefficient (Wildman–Crippen LogP) is 2.70. The van der Waals surface area contributed by atoms with E-state index in [0.717, 1.165) is 11.8 Å². The van der Waals surface area contributed by atoms with Gasteiger partial charge in [-0.1, -0.05) is 24.3 Å². The molecule has 2 atom stereocenters. The summed E-state index contributed by atoms with van der Waals surface area (Å²) in [6.45, 7) is 1.25. The van der Waals surface area contributed by atoms with Crippen LogP contribution < -0.4 is 14.8 Å². The molecule has 1 aliphatic rings. The highest BCUT2D eigenvalue weighted by Gasteiger charge is 2.42. The highest BCUT2D eigenvalue weighted by molar-refractivity contribution is 7.90. The number of aromatic nitrogens is 1. The fraction of sp³-hybridized carbons (Fsp3) is 0.421. The van der Waals surface area contributed by atoms with Gasteiger partial charge in [0.05, 0.1) is 11.7 Å². The van der Waals surface area contributed by atoms with E-state index in [9.17, 15) is 21.6 Å². The van der Waals surface area contributed by atoms with Crippen LogP contribution in [-0.4, -0.2) is 50.8 Å². The maximum atomic E-state index is 13.2. The second-order valence-electron chi connectivity index (χ2n) is 6.92. The third-order valence-corrected chi connectivity index (χ3v) is 5.33. The fourth-order valence-electron chi connectivity index (χ4n) is 2.98. The van der Waals surface area contributed by atoms with E-state index in [0.29, 0.717) is 31.3 Å². The van der Waals surface area contributed by atoms with Gasteiger partial charge in [0.25, 0.3) is 5.88 Å². The number of ether oxygens (including phenoxy) is 2. The monoisotopic (exact) mass is 430 g/mol. The zero-order valence-electron chi connectivity index (χ0n) is 15.6. The predicted molar refractivity (Wildman–Crippen MR) is 101 cm³/mol. The van der Waals surface area contributed by atoms with Gasteiger partial charge in [0.2, 0.25) is 0 Å². The molecule has 0 spiro atoms. The van der Waals surface area contributed by atoms with E-state index < -0.39 is 27.7 Å². The number of sulfone groups is 1. The summed E-state index contributed by atoms with van der Waals surface area (Å²) < 4.78 is 73.7. The van der Waals surface area contributed by atoms with Crippen molar-refractivity contribution in [3.63, 3.8) is 0 Å². The lowest BCUT2D eigenvalue weighted by molar-refractivity contribution is -0.145. The zero-order valence-corrected chi connectivity index (χ0v) is 16.5. The molecular formula is C19H21F3N2O4S. The summed E-state index contributed by atoms with van der Waals surface area (Å²) in [4.78, 5) is 4.10. The number of halogens is 3. The minimum Gasteiger partial charge on any atom is -0.484 e. The highest BCUT2D eigenvalue weighted by Crippen LogP contribution is 2.36. The summed E-state index contributed by atoms with van der Waals surface area (Å²) in [6, 6.07) is 9.27. The molecule has 0 amide bonds. The van der Waals surface area contributed by atoms with Crippen molar-refractivity contribution in [3.05, 3.63) is 53.7 Å². The standard InChI is InChI=1S/C19H21F3N2O4S/c1-29(25,26)12-16(19(20,21)22)14-6-4-13(5-7-14)9-23-10-15-11-27-17-3-2-8-24-18(17)28-15/h2-8,15-16,23H,9-12H2,1H3/t15-,16-/m0/s1. The number of hydrogen-bond acceptors (Lipinski definition) is 6. The normalized spacial score (nSPS) is 17.7. The Bertz CT molecular complexity index is 933. The van der Waals surface area contributed by atoms with E-state index in [1.165, 1.54) is 12.1 Å². The van der Waals surface area contributed by atoms with Crippen LogP contribution in [0, 0.1) is 0 Å². The fourth-order valence-corrected chi connectivity index (χ4v) is 3.96. The molecule has 2 heterocycles. The molecule has 3 rings (SSSR count). The Balaban J connectivity index is 1.55. The topological polar surface area (TPSA) is 77.5 Å². The van der Waals surface area contributed by atoms with Crippen LogP contribution in [0.3, 0.4) is 0 Å². The smallest absolute Gasteiger partial charge is 0.396 e. The average molecular weight is 430 g/mol. The van der Waals surface area contributed by atoms with Gasteiger partial charge in [-0.15, -0.1) is 0 Å². The van der Waals surface area contributed by atoms with Crippen molar-refractivity contribution in [2.24, 2.45) is 0 Å². The Labute approximate surface area is 167 Å². The van der Waals surface area contributed by atoms with E-state index in [-0.39, 0.29) is 11.7 Å². The highest BCUT2D eigenvalue weighted by atomic mass is 32.2. The molecule has 1 N–H and O–H groups in total. The summed E-state index contributed by atoms with van der Waals surface area (Å²) in [6.07, 6.45) is -2.46. The molecule has 0 bridgehead atoms. The van der Waals surface area contributed by atoms with Crippen LogP contribution in [0.1, 0.15) is 17.0 Å². The van der Waals surface area contributed by atoms with E-state index >= 15 is 0 Å². The lowest BCUT2D eigenvalue weighted by Gasteiger charge is -2.25. The van der Waals surface area contributed by atoms with Crippen LogP contribution in [0.25, 0.3) is 0 Å². The molecule has 10 heteroatoms. The first-order valence-electron chi connectivity index (χ1n) is 8.90. The van der Waals surface area contributed by atoms with Crippen molar-refractivity contribution in [2.75, 3.05) is 25.2 Å². The molecule has 2 aromatic rings. The van der Waals surface area contributed by atoms with Crippen molar-refractivity contribution in [1.29, 1.82) is 0 Å². The summed E-state index contributed by atoms with van der Waals surface area (Å²) >= 11 is 0. The number of pyridine rings is 1. The van der Waals surface area contributed by atoms with Gasteiger partial charge >= 0.3 is 6.18 Å². The third kappa shape index (κ3) is 6.07. The summed E-state index contributed by atoms with van der Waals surface area (Å²) in [5, 5.41) is 3.17. The van der Waals surface area contributed by atoms with Crippen LogP contribution in [0.4, 0.5) is 13.2 Å². The quantitative estimate of drug-likeness (QED) is 0.728. The maximum Gasteiger partial charge on any atom is 0.396 e. The second kappa shape index (κ2) is 8.58. The molecule has 0 saturated heterocycles. The first kappa shape index (κ1) is 21.4. The number of alkyl halides is 3. The largest absolute Gasteiger partial charge is 0.484 e. The summed E-state index contributed by atoms with van der Waals surface area (Å²) in [5.41, 5.74) is 0.697. The summed E-state index contributed by atoms with van der Waals surface area (Å²) in [5.74, 6) is -1.99. The molecule has 1 aromatic heterocycles. The van der Waals surface area contributed by atoms with Gasteiger partial charge in [-0.2, -0.15) is 13.2 Å². The first-order valence-corrected chi connectivity index (χ1v) is 11.0. The lowest BCUT2D eigenvalue weighted by atomic mass is 9.99. The van der Waals surface area contributed by atoms with Crippen LogP contribution in [0.15, 0.2) is 42.6 Å². The van der Waals surface area contributed by atoms with Gasteiger partial charge in [0.1, 0.15) is 22.5 Å². The molecule has 6 nitrogen and oxygen atoms in total. The second-order valence-corrected chi connectivity index (χ2v) is 9.10. The van der Waals surface area contributed by atoms with Crippen molar-refractivity contribution in [2.45, 2.75) is 24.7 Å². The molecule has 0 fully saturated rings. The Kier molecular flexibility index (Phi) is 6.33. The molecular weight excluding hydrogens is 409 g/mol. The molecule has 1 aromatic carbocycles. The van der Waals surface area contributed by atoms with Gasteiger partial charge in [-0.05, 0) is 23.3 Å². The number of rotatable bonds is 7. The van der Waals surface area contributed by atoms with E-state index in [4.69, 9.17) is 9.47 Å². The Hall–Kier alpha value is -2.33. The van der Waals surface area contributed by atoms with Gasteiger partial charge in [0.15, 0.2) is 5.75 Å². The Morgan fingerprint density at radius 2 is 1.97 bits per heavy atom. The Morgan fingerprint density at radius 3 is 2.62 bits per heavy atom. The number of nitrogens with zero attached hydrogens (tertiary/aromatic N) is 1. The number of nitrogens with one attached hydrogen (secondary N) is 1. The third-order valence-electron chi connectivity index (χ3n) is 4.39. The van der Waals surface area contributed by atoms with Crippen molar-refractivity contribution in [1.82, 2.24) is 10.3 Å². The molecule has 158 valence electrons. The van der Waals surface area contributed by atoms with Crippen LogP contribution in [0.2, 0.25) is 0 Å². The number of fused-ring (bicyclic) bond motifs is 1. The van der Waals surface area contributed by atoms with Gasteiger partial charge in [-0.25, -0.2) is 13.4 Å². The van der Waals surface area contributed by atoms with Crippen LogP contribution in [0.5, 0.6) is 11.6 Å². The van der Waals surface area contributed by atoms with Gasteiger partial charge in [-0.3, -0.25) is 0 Å². The van der Waals surface area contributed by atoms with Crippen LogP contribution >= 0.6 is 0 Å². The molecule has 0 unspecified atom stereocenters. The zero-order chi connectivity index (χ0) is 21.1. The molecule has 0 aliphatic carbocycles. The molecule has 0 saturated carbocycles. The van der Waals surface area contributed by atoms with Crippen LogP contribution in [-0.2, 0) is 16.4 Å². The van der Waals surface area contributed by atoms with Crippen molar-refractivity contribution < 1.29 is 31.1 Å². The van der Waals surface area contributed by atoms with Gasteiger partial charge in [0, 0.05) is 25.5 Å².